The van der Waals surface area contributed by atoms with Gasteiger partial charge in [-0.05, 0) is 54.5 Å². The SMILES string of the molecule is CC(C)C(NC(=O)[C@@H]1CCCN1C(=O)[C@@H](NC(=O)Nc1ccc(C(=O)NCC(=O)OCc2ccccc2)cc1)C(C)C)C(=O)C(F)(F)F. The van der Waals surface area contributed by atoms with Crippen LogP contribution in [0.25, 0.3) is 0 Å². The molecule has 0 spiro atoms. The van der Waals surface area contributed by atoms with Gasteiger partial charge in [0.2, 0.25) is 11.8 Å². The minimum absolute atomic E-state index is 0.0709. The van der Waals surface area contributed by atoms with Crippen molar-refractivity contribution in [3.05, 3.63) is 65.7 Å². The smallest absolute Gasteiger partial charge is 0.452 e. The third-order valence-corrected chi connectivity index (χ3v) is 7.63. The zero-order valence-electron chi connectivity index (χ0n) is 27.1. The molecule has 48 heavy (non-hydrogen) atoms. The Labute approximate surface area is 276 Å². The number of carbonyl (C=O) groups excluding carboxylic acids is 6. The van der Waals surface area contributed by atoms with E-state index < -0.39 is 71.6 Å². The number of ketones is 1. The van der Waals surface area contributed by atoms with Crippen LogP contribution in [0.1, 0.15) is 56.5 Å². The molecule has 1 unspecified atom stereocenters. The standard InChI is InChI=1S/C33H40F3N5O7/c1-19(2)26(28(43)33(34,35)36)39-30(45)24-11-8-16-41(24)31(46)27(20(3)4)40-32(47)38-23-14-12-22(13-15-23)29(44)37-17-25(42)48-18-21-9-6-5-7-10-21/h5-7,9-10,12-15,19-20,24,26-27H,8,11,16-18H2,1-4H3,(H,37,44)(H,39,45)(H2,38,40,47)/t24-,26?,27-/m0/s1. The van der Waals surface area contributed by atoms with Crippen LogP contribution in [0, 0.1) is 11.8 Å². The Morgan fingerprint density at radius 3 is 2.08 bits per heavy atom. The van der Waals surface area contributed by atoms with Crippen molar-refractivity contribution in [1.29, 1.82) is 0 Å². The first kappa shape index (κ1) is 37.5. The summed E-state index contributed by atoms with van der Waals surface area (Å²) in [4.78, 5) is 77.0. The van der Waals surface area contributed by atoms with Crippen molar-refractivity contribution in [2.45, 2.75) is 71.4 Å². The molecule has 0 aliphatic carbocycles. The molecule has 5 amide bonds. The topological polar surface area (TPSA) is 163 Å². The Kier molecular flexibility index (Phi) is 13.1. The fraction of sp³-hybridized carbons (Fsp3) is 0.455. The van der Waals surface area contributed by atoms with Gasteiger partial charge >= 0.3 is 18.2 Å². The predicted octanol–water partition coefficient (Wildman–Crippen LogP) is 3.57. The van der Waals surface area contributed by atoms with Crippen molar-refractivity contribution in [2.24, 2.45) is 11.8 Å². The van der Waals surface area contributed by atoms with Gasteiger partial charge in [0.25, 0.3) is 11.7 Å². The third-order valence-electron chi connectivity index (χ3n) is 7.63. The van der Waals surface area contributed by atoms with Gasteiger partial charge in [0.1, 0.15) is 25.2 Å². The maximum absolute atomic E-state index is 13.5. The Morgan fingerprint density at radius 2 is 1.50 bits per heavy atom. The Morgan fingerprint density at radius 1 is 0.875 bits per heavy atom. The molecule has 0 aromatic heterocycles. The first-order valence-electron chi connectivity index (χ1n) is 15.5. The van der Waals surface area contributed by atoms with Crippen LogP contribution >= 0.6 is 0 Å². The second-order valence-electron chi connectivity index (χ2n) is 12.0. The number of halogens is 3. The molecule has 4 N–H and O–H groups in total. The van der Waals surface area contributed by atoms with Gasteiger partial charge in [-0.2, -0.15) is 13.2 Å². The molecule has 2 aromatic rings. The number of urea groups is 1. The van der Waals surface area contributed by atoms with E-state index in [2.05, 4.69) is 21.3 Å². The van der Waals surface area contributed by atoms with E-state index in [9.17, 15) is 41.9 Å². The first-order valence-corrected chi connectivity index (χ1v) is 15.5. The maximum Gasteiger partial charge on any atom is 0.452 e. The Hall–Kier alpha value is -4.95. The van der Waals surface area contributed by atoms with Crippen molar-refractivity contribution >= 4 is 41.2 Å². The van der Waals surface area contributed by atoms with Gasteiger partial charge in [-0.15, -0.1) is 0 Å². The van der Waals surface area contributed by atoms with E-state index in [1.54, 1.807) is 26.0 Å². The summed E-state index contributed by atoms with van der Waals surface area (Å²) in [6.45, 7) is 5.96. The van der Waals surface area contributed by atoms with E-state index in [4.69, 9.17) is 4.74 Å². The predicted molar refractivity (Wildman–Crippen MR) is 168 cm³/mol. The minimum atomic E-state index is -5.14. The summed E-state index contributed by atoms with van der Waals surface area (Å²) in [6, 6.07) is 10.0. The van der Waals surface area contributed by atoms with Gasteiger partial charge in [-0.3, -0.25) is 24.0 Å². The number of amides is 5. The highest BCUT2D eigenvalue weighted by Gasteiger charge is 2.46. The summed E-state index contributed by atoms with van der Waals surface area (Å²) in [5, 5.41) is 9.79. The monoisotopic (exact) mass is 675 g/mol. The van der Waals surface area contributed by atoms with Crippen LogP contribution in [0.15, 0.2) is 54.6 Å². The molecule has 0 saturated carbocycles. The lowest BCUT2D eigenvalue weighted by Gasteiger charge is -2.31. The van der Waals surface area contributed by atoms with Crippen molar-refractivity contribution in [1.82, 2.24) is 20.9 Å². The second kappa shape index (κ2) is 16.7. The molecule has 3 atom stereocenters. The molecule has 1 aliphatic heterocycles. The number of hydrogen-bond acceptors (Lipinski definition) is 7. The number of carbonyl (C=O) groups is 6. The van der Waals surface area contributed by atoms with Crippen LogP contribution in [-0.2, 0) is 30.5 Å². The highest BCUT2D eigenvalue weighted by molar-refractivity contribution is 5.99. The fourth-order valence-electron chi connectivity index (χ4n) is 5.01. The average molecular weight is 676 g/mol. The normalized spacial score (nSPS) is 15.8. The van der Waals surface area contributed by atoms with E-state index in [-0.39, 0.29) is 37.4 Å². The quantitative estimate of drug-likeness (QED) is 0.236. The Bertz CT molecular complexity index is 1470. The third kappa shape index (κ3) is 10.5. The highest BCUT2D eigenvalue weighted by atomic mass is 19.4. The summed E-state index contributed by atoms with van der Waals surface area (Å²) in [6.07, 6.45) is -4.57. The average Bonchev–Trinajstić information content (AvgIpc) is 3.54. The van der Waals surface area contributed by atoms with E-state index in [1.165, 1.54) is 43.0 Å². The summed E-state index contributed by atoms with van der Waals surface area (Å²) >= 11 is 0. The summed E-state index contributed by atoms with van der Waals surface area (Å²) in [7, 11) is 0. The molecule has 1 saturated heterocycles. The molecular formula is C33H40F3N5O7. The largest absolute Gasteiger partial charge is 0.460 e. The second-order valence-corrected chi connectivity index (χ2v) is 12.0. The lowest BCUT2D eigenvalue weighted by atomic mass is 9.98. The van der Waals surface area contributed by atoms with Gasteiger partial charge < -0.3 is 30.9 Å². The van der Waals surface area contributed by atoms with Crippen molar-refractivity contribution < 1.29 is 46.7 Å². The number of benzene rings is 2. The molecule has 1 fully saturated rings. The number of hydrogen-bond donors (Lipinski definition) is 4. The number of nitrogens with one attached hydrogen (secondary N) is 4. The molecule has 1 heterocycles. The molecule has 1 aliphatic rings. The van der Waals surface area contributed by atoms with E-state index in [0.717, 1.165) is 5.56 Å². The van der Waals surface area contributed by atoms with Crippen LogP contribution in [0.3, 0.4) is 0 Å². The maximum atomic E-state index is 13.5. The Balaban J connectivity index is 1.55. The fourth-order valence-corrected chi connectivity index (χ4v) is 5.01. The van der Waals surface area contributed by atoms with Gasteiger partial charge in [0.05, 0.1) is 6.04 Å². The number of likely N-dealkylation sites (tertiary alicyclic amines) is 1. The van der Waals surface area contributed by atoms with Gasteiger partial charge in [0.15, 0.2) is 0 Å². The number of ether oxygens (including phenoxy) is 1. The van der Waals surface area contributed by atoms with E-state index >= 15 is 0 Å². The lowest BCUT2D eigenvalue weighted by Crippen LogP contribution is -2.58. The molecule has 0 bridgehead atoms. The van der Waals surface area contributed by atoms with Crippen LogP contribution < -0.4 is 21.3 Å². The van der Waals surface area contributed by atoms with Gasteiger partial charge in [-0.25, -0.2) is 4.79 Å². The lowest BCUT2D eigenvalue weighted by molar-refractivity contribution is -0.175. The number of esters is 1. The molecule has 15 heteroatoms. The van der Waals surface area contributed by atoms with Gasteiger partial charge in [0, 0.05) is 17.8 Å². The summed E-state index contributed by atoms with van der Waals surface area (Å²) < 4.78 is 44.4. The van der Waals surface area contributed by atoms with Crippen LogP contribution in [0.2, 0.25) is 0 Å². The number of Topliss-reactive ketones (excluding diaryl/α,β-unsaturated/α-hetero) is 1. The molecular weight excluding hydrogens is 635 g/mol. The molecule has 2 aromatic carbocycles. The molecule has 260 valence electrons. The zero-order chi connectivity index (χ0) is 35.6. The molecule has 3 rings (SSSR count). The number of anilines is 1. The highest BCUT2D eigenvalue weighted by Crippen LogP contribution is 2.24. The van der Waals surface area contributed by atoms with E-state index in [0.29, 0.717) is 6.42 Å². The number of rotatable bonds is 13. The first-order chi connectivity index (χ1) is 22.6. The molecule has 12 nitrogen and oxygen atoms in total. The minimum Gasteiger partial charge on any atom is -0.460 e. The van der Waals surface area contributed by atoms with Crippen molar-refractivity contribution in [3.63, 3.8) is 0 Å². The van der Waals surface area contributed by atoms with Crippen molar-refractivity contribution in [2.75, 3.05) is 18.4 Å². The van der Waals surface area contributed by atoms with E-state index in [1.807, 2.05) is 18.2 Å². The zero-order valence-corrected chi connectivity index (χ0v) is 27.1. The van der Waals surface area contributed by atoms with Gasteiger partial charge in [-0.1, -0.05) is 58.0 Å². The molecule has 0 radical (unpaired) electrons. The van der Waals surface area contributed by atoms with Crippen LogP contribution in [-0.4, -0.2) is 77.8 Å². The van der Waals surface area contributed by atoms with Crippen LogP contribution in [0.4, 0.5) is 23.7 Å². The number of alkyl halides is 3. The van der Waals surface area contributed by atoms with Crippen molar-refractivity contribution in [3.8, 4) is 0 Å². The number of nitrogens with zero attached hydrogens (tertiary/aromatic N) is 1. The summed E-state index contributed by atoms with van der Waals surface area (Å²) in [5.74, 6) is -6.00. The van der Waals surface area contributed by atoms with Crippen LogP contribution in [0.5, 0.6) is 0 Å². The summed E-state index contributed by atoms with van der Waals surface area (Å²) in [5.41, 5.74) is 1.30.